The van der Waals surface area contributed by atoms with E-state index < -0.39 is 9.84 Å². The van der Waals surface area contributed by atoms with Gasteiger partial charge in [-0.25, -0.2) is 13.1 Å². The van der Waals surface area contributed by atoms with Crippen molar-refractivity contribution in [2.75, 3.05) is 25.7 Å². The van der Waals surface area contributed by atoms with Gasteiger partial charge in [0.1, 0.15) is 5.75 Å². The summed E-state index contributed by atoms with van der Waals surface area (Å²) in [6.07, 6.45) is 0.634. The fourth-order valence-electron chi connectivity index (χ4n) is 2.90. The van der Waals surface area contributed by atoms with Crippen LogP contribution >= 0.6 is 23.8 Å². The second-order valence-corrected chi connectivity index (χ2v) is 9.11. The third kappa shape index (κ3) is 4.05. The molecule has 0 radical (unpaired) electrons. The first-order valence-electron chi connectivity index (χ1n) is 7.70. The molecule has 10 heteroatoms. The molecule has 2 aromatic rings. The molecular formula is C15H19ClN4O3S2. The molecule has 2 heterocycles. The standard InChI is InChI=1S/C15H19ClN4O3S2/c1-19(11-5-6-25(21,22)8-11)9-20-15(24)17-14(18-20)12-7-10(16)3-4-13(12)23-2/h3-4,7,11H,5-6,8-9H2,1-2H3,(H,17,18,24). The number of H-pyrrole nitrogens is 1. The summed E-state index contributed by atoms with van der Waals surface area (Å²) in [4.78, 5) is 6.35. The number of nitrogens with zero attached hydrogens (tertiary/aromatic N) is 3. The molecule has 7 nitrogen and oxygen atoms in total. The Hall–Kier alpha value is -1.42. The molecule has 25 heavy (non-hydrogen) atoms. The zero-order chi connectivity index (χ0) is 18.2. The molecular weight excluding hydrogens is 384 g/mol. The lowest BCUT2D eigenvalue weighted by Gasteiger charge is -2.22. The van der Waals surface area contributed by atoms with E-state index >= 15 is 0 Å². The van der Waals surface area contributed by atoms with Gasteiger partial charge in [0.25, 0.3) is 0 Å². The van der Waals surface area contributed by atoms with Gasteiger partial charge in [-0.15, -0.1) is 0 Å². The van der Waals surface area contributed by atoms with Crippen LogP contribution in [0.5, 0.6) is 5.75 Å². The van der Waals surface area contributed by atoms with Crippen molar-refractivity contribution in [2.24, 2.45) is 0 Å². The minimum absolute atomic E-state index is 0.0145. The Morgan fingerprint density at radius 3 is 2.92 bits per heavy atom. The summed E-state index contributed by atoms with van der Waals surface area (Å²) in [5, 5.41) is 3.71. The van der Waals surface area contributed by atoms with Gasteiger partial charge in [-0.1, -0.05) is 11.6 Å². The van der Waals surface area contributed by atoms with Crippen molar-refractivity contribution in [3.63, 3.8) is 0 Å². The lowest BCUT2D eigenvalue weighted by molar-refractivity contribution is 0.197. The van der Waals surface area contributed by atoms with Crippen LogP contribution in [0.1, 0.15) is 6.42 Å². The number of sulfone groups is 1. The van der Waals surface area contributed by atoms with E-state index in [1.54, 1.807) is 30.0 Å². The van der Waals surface area contributed by atoms with Crippen LogP contribution in [0.4, 0.5) is 0 Å². The molecule has 1 atom stereocenters. The third-order valence-electron chi connectivity index (χ3n) is 4.29. The topological polar surface area (TPSA) is 80.2 Å². The summed E-state index contributed by atoms with van der Waals surface area (Å²) >= 11 is 11.4. The first-order valence-corrected chi connectivity index (χ1v) is 10.3. The Bertz CT molecular complexity index is 938. The minimum Gasteiger partial charge on any atom is -0.496 e. The Balaban J connectivity index is 1.84. The van der Waals surface area contributed by atoms with E-state index in [0.29, 0.717) is 40.0 Å². The van der Waals surface area contributed by atoms with Crippen molar-refractivity contribution in [3.05, 3.63) is 28.0 Å². The number of rotatable bonds is 5. The first-order chi connectivity index (χ1) is 11.8. The van der Waals surface area contributed by atoms with Gasteiger partial charge in [-0.3, -0.25) is 10.00 Å². The lowest BCUT2D eigenvalue weighted by atomic mass is 10.2. The van der Waals surface area contributed by atoms with Crippen LogP contribution in [0, 0.1) is 4.77 Å². The Labute approximate surface area is 156 Å². The van der Waals surface area contributed by atoms with Crippen molar-refractivity contribution in [1.29, 1.82) is 0 Å². The zero-order valence-electron chi connectivity index (χ0n) is 13.9. The highest BCUT2D eigenvalue weighted by Gasteiger charge is 2.30. The average molecular weight is 403 g/mol. The fraction of sp³-hybridized carbons (Fsp3) is 0.467. The number of halogens is 1. The van der Waals surface area contributed by atoms with Gasteiger partial charge in [0, 0.05) is 11.1 Å². The van der Waals surface area contributed by atoms with Gasteiger partial charge in [0.15, 0.2) is 15.7 Å². The summed E-state index contributed by atoms with van der Waals surface area (Å²) < 4.78 is 30.7. The number of ether oxygens (including phenoxy) is 1. The van der Waals surface area contributed by atoms with Crippen LogP contribution < -0.4 is 4.74 Å². The number of aromatic amines is 1. The van der Waals surface area contributed by atoms with E-state index in [1.807, 2.05) is 11.9 Å². The Morgan fingerprint density at radius 2 is 2.28 bits per heavy atom. The van der Waals surface area contributed by atoms with Gasteiger partial charge in [-0.2, -0.15) is 4.98 Å². The second-order valence-electron chi connectivity index (χ2n) is 6.08. The van der Waals surface area contributed by atoms with Crippen molar-refractivity contribution in [1.82, 2.24) is 19.7 Å². The van der Waals surface area contributed by atoms with Crippen molar-refractivity contribution in [2.45, 2.75) is 19.1 Å². The van der Waals surface area contributed by atoms with E-state index in [4.69, 9.17) is 28.6 Å². The molecule has 1 aromatic heterocycles. The number of aromatic nitrogens is 3. The number of nitrogens with one attached hydrogen (secondary N) is 1. The third-order valence-corrected chi connectivity index (χ3v) is 6.59. The predicted octanol–water partition coefficient (Wildman–Crippen LogP) is 2.35. The van der Waals surface area contributed by atoms with E-state index in [-0.39, 0.29) is 17.5 Å². The summed E-state index contributed by atoms with van der Waals surface area (Å²) in [5.74, 6) is 1.61. The normalized spacial score (nSPS) is 19.4. The summed E-state index contributed by atoms with van der Waals surface area (Å²) in [6, 6.07) is 5.25. The number of hydrogen-bond donors (Lipinski definition) is 1. The van der Waals surface area contributed by atoms with Crippen LogP contribution in [0.15, 0.2) is 18.2 Å². The average Bonchev–Trinajstić information content (AvgIpc) is 3.10. The van der Waals surface area contributed by atoms with Crippen LogP contribution in [0.25, 0.3) is 11.4 Å². The molecule has 0 spiro atoms. The van der Waals surface area contributed by atoms with E-state index in [0.717, 1.165) is 0 Å². The van der Waals surface area contributed by atoms with Gasteiger partial charge in [0.2, 0.25) is 4.77 Å². The van der Waals surface area contributed by atoms with Crippen LogP contribution in [-0.4, -0.2) is 59.8 Å². The molecule has 0 saturated carbocycles. The van der Waals surface area contributed by atoms with Gasteiger partial charge in [-0.05, 0) is 43.9 Å². The molecule has 3 rings (SSSR count). The number of methoxy groups -OCH3 is 1. The predicted molar refractivity (Wildman–Crippen MR) is 99.2 cm³/mol. The lowest BCUT2D eigenvalue weighted by Crippen LogP contribution is -2.34. The molecule has 1 aliphatic rings. The molecule has 0 aliphatic carbocycles. The molecule has 1 fully saturated rings. The van der Waals surface area contributed by atoms with Crippen LogP contribution in [0.2, 0.25) is 5.02 Å². The molecule has 0 amide bonds. The summed E-state index contributed by atoms with van der Waals surface area (Å²) in [6.45, 7) is 0.425. The number of benzene rings is 1. The molecule has 0 bridgehead atoms. The molecule has 136 valence electrons. The smallest absolute Gasteiger partial charge is 0.217 e. The second kappa shape index (κ2) is 7.06. The highest BCUT2D eigenvalue weighted by Crippen LogP contribution is 2.30. The molecule has 1 aromatic carbocycles. The first kappa shape index (κ1) is 18.4. The van der Waals surface area contributed by atoms with Gasteiger partial charge < -0.3 is 4.74 Å². The highest BCUT2D eigenvalue weighted by atomic mass is 35.5. The van der Waals surface area contributed by atoms with Gasteiger partial charge >= 0.3 is 0 Å². The summed E-state index contributed by atoms with van der Waals surface area (Å²) in [7, 11) is 0.530. The fourth-order valence-corrected chi connectivity index (χ4v) is 5.07. The Kier molecular flexibility index (Phi) is 5.19. The van der Waals surface area contributed by atoms with Crippen LogP contribution in [0.3, 0.4) is 0 Å². The zero-order valence-corrected chi connectivity index (χ0v) is 16.3. The molecule has 1 aliphatic heterocycles. The maximum absolute atomic E-state index is 11.7. The maximum atomic E-state index is 11.7. The van der Waals surface area contributed by atoms with Gasteiger partial charge in [0.05, 0.1) is 30.8 Å². The summed E-state index contributed by atoms with van der Waals surface area (Å²) in [5.41, 5.74) is 0.714. The highest BCUT2D eigenvalue weighted by molar-refractivity contribution is 7.91. The molecule has 1 unspecified atom stereocenters. The number of hydrogen-bond acceptors (Lipinski definition) is 6. The molecule has 1 saturated heterocycles. The van der Waals surface area contributed by atoms with Crippen molar-refractivity contribution >= 4 is 33.7 Å². The molecule has 1 N–H and O–H groups in total. The van der Waals surface area contributed by atoms with Crippen molar-refractivity contribution in [3.8, 4) is 17.1 Å². The SMILES string of the molecule is COc1ccc(Cl)cc1-c1nc(=S)n(CN(C)C2CCS(=O)(=O)C2)[nH]1. The van der Waals surface area contributed by atoms with E-state index in [2.05, 4.69) is 10.1 Å². The van der Waals surface area contributed by atoms with Crippen LogP contribution in [-0.2, 0) is 16.5 Å². The van der Waals surface area contributed by atoms with Crippen molar-refractivity contribution < 1.29 is 13.2 Å². The monoisotopic (exact) mass is 402 g/mol. The van der Waals surface area contributed by atoms with E-state index in [9.17, 15) is 8.42 Å². The maximum Gasteiger partial charge on any atom is 0.217 e. The largest absolute Gasteiger partial charge is 0.496 e. The minimum atomic E-state index is -2.93. The Morgan fingerprint density at radius 1 is 1.52 bits per heavy atom. The van der Waals surface area contributed by atoms with E-state index in [1.165, 1.54) is 0 Å². The quantitative estimate of drug-likeness (QED) is 0.773.